The van der Waals surface area contributed by atoms with Gasteiger partial charge in [0.15, 0.2) is 0 Å². The van der Waals surface area contributed by atoms with Crippen LogP contribution in [0.2, 0.25) is 5.02 Å². The molecule has 25 heavy (non-hydrogen) atoms. The lowest BCUT2D eigenvalue weighted by Gasteiger charge is -2.27. The number of carbonyl (C=O) groups excluding carboxylic acids is 1. The third-order valence-corrected chi connectivity index (χ3v) is 4.02. The Kier molecular flexibility index (Phi) is 4.95. The van der Waals surface area contributed by atoms with Crippen molar-refractivity contribution in [1.82, 2.24) is 20.2 Å². The minimum absolute atomic E-state index is 0.0598. The Hall–Kier alpha value is -2.52. The summed E-state index contributed by atoms with van der Waals surface area (Å²) in [5, 5.41) is 14.1. The summed E-state index contributed by atoms with van der Waals surface area (Å²) in [5.74, 6) is -0.976. The van der Waals surface area contributed by atoms with Crippen LogP contribution in [0.5, 0.6) is 0 Å². The number of tetrazole rings is 1. The van der Waals surface area contributed by atoms with E-state index in [9.17, 15) is 9.18 Å². The molecular formula is C15H15ClFN5O3. The Balaban J connectivity index is 2.07. The molecule has 1 atom stereocenters. The van der Waals surface area contributed by atoms with Crippen LogP contribution in [-0.2, 0) is 14.3 Å². The molecular weight excluding hydrogens is 353 g/mol. The standard InChI is InChI=1S/C15H15ClFN5O3/c1-8-11(14(23)25-7-6-24-2)13(22-15(18-8)19-20-21-22)9-4-3-5-10(16)12(9)17/h3-5,13H,6-7H2,1-2H3,(H,18,19,21). The number of methoxy groups -OCH3 is 1. The number of carbonyl (C=O) groups is 1. The summed E-state index contributed by atoms with van der Waals surface area (Å²) in [7, 11) is 1.50. The fraction of sp³-hybridized carbons (Fsp3) is 0.333. The van der Waals surface area contributed by atoms with Crippen LogP contribution < -0.4 is 5.32 Å². The minimum atomic E-state index is -0.903. The predicted octanol–water partition coefficient (Wildman–Crippen LogP) is 1.94. The van der Waals surface area contributed by atoms with Gasteiger partial charge in [0.25, 0.3) is 0 Å². The molecule has 1 aromatic carbocycles. The van der Waals surface area contributed by atoms with E-state index in [2.05, 4.69) is 20.8 Å². The fourth-order valence-electron chi connectivity index (χ4n) is 2.59. The van der Waals surface area contributed by atoms with E-state index in [4.69, 9.17) is 21.1 Å². The van der Waals surface area contributed by atoms with Gasteiger partial charge in [0.05, 0.1) is 17.2 Å². The van der Waals surface area contributed by atoms with E-state index >= 15 is 0 Å². The second-order valence-electron chi connectivity index (χ2n) is 5.29. The molecule has 1 aliphatic rings. The molecule has 1 aromatic heterocycles. The SMILES string of the molecule is COCCOC(=O)C1=C(C)Nc2nnnn2C1c1cccc(Cl)c1F. The van der Waals surface area contributed by atoms with Crippen molar-refractivity contribution in [2.45, 2.75) is 13.0 Å². The van der Waals surface area contributed by atoms with Crippen molar-refractivity contribution < 1.29 is 18.7 Å². The number of ether oxygens (including phenoxy) is 2. The Morgan fingerprint density at radius 1 is 1.44 bits per heavy atom. The number of anilines is 1. The van der Waals surface area contributed by atoms with E-state index in [0.717, 1.165) is 0 Å². The highest BCUT2D eigenvalue weighted by atomic mass is 35.5. The number of allylic oxidation sites excluding steroid dienone is 1. The molecule has 1 aliphatic heterocycles. The molecule has 1 unspecified atom stereocenters. The topological polar surface area (TPSA) is 91.2 Å². The van der Waals surface area contributed by atoms with Gasteiger partial charge in [-0.15, -0.1) is 0 Å². The molecule has 0 amide bonds. The molecule has 10 heteroatoms. The van der Waals surface area contributed by atoms with E-state index in [0.29, 0.717) is 5.70 Å². The summed E-state index contributed by atoms with van der Waals surface area (Å²) in [6, 6.07) is 3.64. The lowest BCUT2D eigenvalue weighted by Crippen LogP contribution is -2.30. The second kappa shape index (κ2) is 7.16. The highest BCUT2D eigenvalue weighted by Crippen LogP contribution is 2.37. The van der Waals surface area contributed by atoms with Gasteiger partial charge in [-0.3, -0.25) is 0 Å². The molecule has 132 valence electrons. The number of hydrogen-bond donors (Lipinski definition) is 1. The number of benzene rings is 1. The molecule has 0 bridgehead atoms. The highest BCUT2D eigenvalue weighted by Gasteiger charge is 2.36. The second-order valence-corrected chi connectivity index (χ2v) is 5.69. The molecule has 0 saturated carbocycles. The summed E-state index contributed by atoms with van der Waals surface area (Å²) in [4.78, 5) is 12.6. The van der Waals surface area contributed by atoms with Gasteiger partial charge in [-0.25, -0.2) is 9.18 Å². The van der Waals surface area contributed by atoms with E-state index < -0.39 is 17.8 Å². The molecule has 3 rings (SSSR count). The molecule has 2 aromatic rings. The Labute approximate surface area is 147 Å². The van der Waals surface area contributed by atoms with Crippen LogP contribution in [0, 0.1) is 5.82 Å². The van der Waals surface area contributed by atoms with E-state index in [-0.39, 0.29) is 35.3 Å². The average molecular weight is 368 g/mol. The van der Waals surface area contributed by atoms with Gasteiger partial charge < -0.3 is 14.8 Å². The third-order valence-electron chi connectivity index (χ3n) is 3.73. The van der Waals surface area contributed by atoms with E-state index in [1.165, 1.54) is 23.9 Å². The zero-order valence-electron chi connectivity index (χ0n) is 13.5. The number of esters is 1. The summed E-state index contributed by atoms with van der Waals surface area (Å²) < 4.78 is 26.0. The smallest absolute Gasteiger partial charge is 0.338 e. The summed E-state index contributed by atoms with van der Waals surface area (Å²) in [6.45, 7) is 1.98. The summed E-state index contributed by atoms with van der Waals surface area (Å²) in [6.07, 6.45) is 0. The first-order valence-corrected chi connectivity index (χ1v) is 7.78. The largest absolute Gasteiger partial charge is 0.460 e. The van der Waals surface area contributed by atoms with Crippen LogP contribution in [0.15, 0.2) is 29.5 Å². The number of nitrogens with zero attached hydrogens (tertiary/aromatic N) is 4. The number of halogens is 2. The van der Waals surface area contributed by atoms with Crippen molar-refractivity contribution in [2.24, 2.45) is 0 Å². The van der Waals surface area contributed by atoms with Crippen molar-refractivity contribution in [1.29, 1.82) is 0 Å². The zero-order chi connectivity index (χ0) is 18.0. The number of fused-ring (bicyclic) bond motifs is 1. The molecule has 2 heterocycles. The van der Waals surface area contributed by atoms with Crippen molar-refractivity contribution in [3.8, 4) is 0 Å². The molecule has 0 aliphatic carbocycles. The Morgan fingerprint density at radius 3 is 3.00 bits per heavy atom. The summed E-state index contributed by atoms with van der Waals surface area (Å²) in [5.41, 5.74) is 0.826. The normalized spacial score (nSPS) is 16.4. The monoisotopic (exact) mass is 367 g/mol. The Morgan fingerprint density at radius 2 is 2.24 bits per heavy atom. The van der Waals surface area contributed by atoms with Crippen LogP contribution in [0.1, 0.15) is 18.5 Å². The lowest BCUT2D eigenvalue weighted by atomic mass is 9.95. The number of rotatable bonds is 5. The molecule has 8 nitrogen and oxygen atoms in total. The maximum atomic E-state index is 14.6. The van der Waals surface area contributed by atoms with Crippen LogP contribution in [0.3, 0.4) is 0 Å². The van der Waals surface area contributed by atoms with Gasteiger partial charge in [0.2, 0.25) is 5.95 Å². The van der Waals surface area contributed by atoms with Gasteiger partial charge >= 0.3 is 5.97 Å². The van der Waals surface area contributed by atoms with Gasteiger partial charge in [-0.1, -0.05) is 28.8 Å². The van der Waals surface area contributed by atoms with Crippen LogP contribution >= 0.6 is 11.6 Å². The van der Waals surface area contributed by atoms with Crippen LogP contribution in [0.4, 0.5) is 10.3 Å². The maximum Gasteiger partial charge on any atom is 0.338 e. The molecule has 0 radical (unpaired) electrons. The van der Waals surface area contributed by atoms with Crippen LogP contribution in [-0.4, -0.2) is 46.5 Å². The van der Waals surface area contributed by atoms with Gasteiger partial charge in [0, 0.05) is 18.4 Å². The molecule has 0 saturated heterocycles. The van der Waals surface area contributed by atoms with Gasteiger partial charge in [0.1, 0.15) is 18.5 Å². The maximum absolute atomic E-state index is 14.6. The zero-order valence-corrected chi connectivity index (χ0v) is 14.2. The average Bonchev–Trinajstić information content (AvgIpc) is 3.04. The van der Waals surface area contributed by atoms with E-state index in [1.54, 1.807) is 13.0 Å². The quantitative estimate of drug-likeness (QED) is 0.637. The number of nitrogens with one attached hydrogen (secondary N) is 1. The molecule has 0 fully saturated rings. The Bertz CT molecular complexity index is 838. The molecule has 1 N–H and O–H groups in total. The van der Waals surface area contributed by atoms with Crippen molar-refractivity contribution in [3.05, 3.63) is 45.9 Å². The fourth-order valence-corrected chi connectivity index (χ4v) is 2.77. The van der Waals surface area contributed by atoms with Crippen molar-refractivity contribution in [2.75, 3.05) is 25.6 Å². The first-order chi connectivity index (χ1) is 12.0. The van der Waals surface area contributed by atoms with Crippen molar-refractivity contribution >= 4 is 23.5 Å². The first-order valence-electron chi connectivity index (χ1n) is 7.40. The van der Waals surface area contributed by atoms with Gasteiger partial charge in [-0.05, 0) is 23.4 Å². The highest BCUT2D eigenvalue weighted by molar-refractivity contribution is 6.30. The molecule has 0 spiro atoms. The van der Waals surface area contributed by atoms with E-state index in [1.807, 2.05) is 0 Å². The number of aromatic nitrogens is 4. The lowest BCUT2D eigenvalue weighted by molar-refractivity contribution is -0.140. The van der Waals surface area contributed by atoms with Crippen molar-refractivity contribution in [3.63, 3.8) is 0 Å². The van der Waals surface area contributed by atoms with Gasteiger partial charge in [-0.2, -0.15) is 4.68 Å². The minimum Gasteiger partial charge on any atom is -0.460 e. The first kappa shape index (κ1) is 17.3. The third kappa shape index (κ3) is 3.20. The summed E-state index contributed by atoms with van der Waals surface area (Å²) >= 11 is 5.90. The van der Waals surface area contributed by atoms with Crippen LogP contribution in [0.25, 0.3) is 0 Å². The number of hydrogen-bond acceptors (Lipinski definition) is 7. The predicted molar refractivity (Wildman–Crippen MR) is 86.5 cm³/mol.